The second-order valence-electron chi connectivity index (χ2n) is 5.28. The first kappa shape index (κ1) is 16.2. The summed E-state index contributed by atoms with van der Waals surface area (Å²) in [5.41, 5.74) is 0.140. The van der Waals surface area contributed by atoms with E-state index in [-0.39, 0.29) is 6.61 Å². The average molecular weight is 337 g/mol. The predicted octanol–water partition coefficient (Wildman–Crippen LogP) is 4.41. The fourth-order valence-corrected chi connectivity index (χ4v) is 2.62. The lowest BCUT2D eigenvalue weighted by Crippen LogP contribution is -2.27. The Labute approximate surface area is 136 Å². The molecule has 1 heterocycles. The summed E-state index contributed by atoms with van der Waals surface area (Å²) in [4.78, 5) is 13.4. The van der Waals surface area contributed by atoms with Gasteiger partial charge in [-0.1, -0.05) is 12.1 Å². The quantitative estimate of drug-likeness (QED) is 0.833. The largest absolute Gasteiger partial charge is 0.497 e. The second-order valence-corrected chi connectivity index (χ2v) is 5.28. The maximum Gasteiger partial charge on any atom is 0.416 e. The Hall–Kier alpha value is -2.70. The number of halogens is 3. The molecule has 0 spiro atoms. The van der Waals surface area contributed by atoms with E-state index in [9.17, 15) is 18.0 Å². The molecular weight excluding hydrogens is 323 g/mol. The molecule has 1 fully saturated rings. The van der Waals surface area contributed by atoms with Gasteiger partial charge in [0.25, 0.3) is 0 Å². The summed E-state index contributed by atoms with van der Waals surface area (Å²) in [6, 6.07) is 11.0. The van der Waals surface area contributed by atoms with Crippen molar-refractivity contribution in [1.29, 1.82) is 0 Å². The van der Waals surface area contributed by atoms with Gasteiger partial charge < -0.3 is 9.47 Å². The minimum absolute atomic E-state index is 0.00776. The van der Waals surface area contributed by atoms with Gasteiger partial charge in [0, 0.05) is 5.69 Å². The van der Waals surface area contributed by atoms with Crippen molar-refractivity contribution in [3.8, 4) is 5.75 Å². The molecule has 1 aliphatic heterocycles. The lowest BCUT2D eigenvalue weighted by molar-refractivity contribution is -0.137. The molecule has 0 saturated carbocycles. The van der Waals surface area contributed by atoms with Crippen molar-refractivity contribution < 1.29 is 27.4 Å². The highest BCUT2D eigenvalue weighted by atomic mass is 19.4. The van der Waals surface area contributed by atoms with Gasteiger partial charge in [0.2, 0.25) is 0 Å². The number of cyclic esters (lactones) is 1. The van der Waals surface area contributed by atoms with E-state index < -0.39 is 23.9 Å². The first-order valence-corrected chi connectivity index (χ1v) is 7.17. The number of alkyl halides is 3. The van der Waals surface area contributed by atoms with Crippen molar-refractivity contribution >= 4 is 11.8 Å². The normalized spacial score (nSPS) is 17.8. The highest BCUT2D eigenvalue weighted by Gasteiger charge is 2.37. The van der Waals surface area contributed by atoms with Crippen LogP contribution in [0.2, 0.25) is 0 Å². The van der Waals surface area contributed by atoms with Crippen molar-refractivity contribution in [2.45, 2.75) is 12.2 Å². The van der Waals surface area contributed by atoms with Gasteiger partial charge in [-0.3, -0.25) is 4.90 Å². The maximum atomic E-state index is 12.9. The van der Waals surface area contributed by atoms with Crippen LogP contribution < -0.4 is 9.64 Å². The molecule has 24 heavy (non-hydrogen) atoms. The third kappa shape index (κ3) is 3.02. The average Bonchev–Trinajstić information content (AvgIpc) is 2.96. The van der Waals surface area contributed by atoms with Crippen LogP contribution in [0, 0.1) is 0 Å². The molecule has 1 amide bonds. The molecule has 0 aromatic heterocycles. The van der Waals surface area contributed by atoms with Crippen LogP contribution in [0.5, 0.6) is 5.75 Å². The Kier molecular flexibility index (Phi) is 4.09. The van der Waals surface area contributed by atoms with Crippen LogP contribution in [0.3, 0.4) is 0 Å². The molecule has 0 bridgehead atoms. The zero-order chi connectivity index (χ0) is 17.3. The second kappa shape index (κ2) is 6.07. The number of hydrogen-bond acceptors (Lipinski definition) is 3. The van der Waals surface area contributed by atoms with Crippen LogP contribution in [0.4, 0.5) is 23.7 Å². The summed E-state index contributed by atoms with van der Waals surface area (Å²) in [6.07, 6.45) is -5.03. The first-order chi connectivity index (χ1) is 11.4. The Morgan fingerprint density at radius 3 is 2.50 bits per heavy atom. The van der Waals surface area contributed by atoms with Crippen molar-refractivity contribution in [1.82, 2.24) is 0 Å². The van der Waals surface area contributed by atoms with Crippen LogP contribution in [0.15, 0.2) is 48.5 Å². The molecule has 2 aromatic rings. The molecule has 4 nitrogen and oxygen atoms in total. The summed E-state index contributed by atoms with van der Waals surface area (Å²) in [5.74, 6) is 0.613. The van der Waals surface area contributed by atoms with E-state index >= 15 is 0 Å². The van der Waals surface area contributed by atoms with E-state index in [4.69, 9.17) is 9.47 Å². The van der Waals surface area contributed by atoms with Crippen LogP contribution in [0.25, 0.3) is 0 Å². The van der Waals surface area contributed by atoms with E-state index in [0.717, 1.165) is 12.1 Å². The van der Waals surface area contributed by atoms with E-state index in [1.54, 1.807) is 30.3 Å². The van der Waals surface area contributed by atoms with Gasteiger partial charge in [-0.05, 0) is 42.0 Å². The maximum absolute atomic E-state index is 12.9. The van der Waals surface area contributed by atoms with Gasteiger partial charge in [-0.15, -0.1) is 0 Å². The number of benzene rings is 2. The number of carbonyl (C=O) groups excluding carboxylic acids is 1. The zero-order valence-corrected chi connectivity index (χ0v) is 12.7. The molecule has 0 aliphatic carbocycles. The monoisotopic (exact) mass is 337 g/mol. The lowest BCUT2D eigenvalue weighted by atomic mass is 10.0. The lowest BCUT2D eigenvalue weighted by Gasteiger charge is -2.22. The van der Waals surface area contributed by atoms with E-state index in [2.05, 4.69) is 0 Å². The summed E-state index contributed by atoms with van der Waals surface area (Å²) in [7, 11) is 1.52. The smallest absolute Gasteiger partial charge is 0.416 e. The van der Waals surface area contributed by atoms with Crippen molar-refractivity contribution in [3.63, 3.8) is 0 Å². The minimum atomic E-state index is -4.44. The fraction of sp³-hybridized carbons (Fsp3) is 0.235. The third-order valence-corrected chi connectivity index (χ3v) is 3.82. The van der Waals surface area contributed by atoms with Crippen molar-refractivity contribution in [2.24, 2.45) is 0 Å². The van der Waals surface area contributed by atoms with Gasteiger partial charge in [0.15, 0.2) is 0 Å². The SMILES string of the molecule is COc1ccc(N2C(=O)OCC2c2cccc(C(F)(F)F)c2)cc1. The Bertz CT molecular complexity index is 743. The number of carbonyl (C=O) groups is 1. The number of hydrogen-bond donors (Lipinski definition) is 0. The molecule has 7 heteroatoms. The van der Waals surface area contributed by atoms with E-state index in [0.29, 0.717) is 17.0 Å². The standard InChI is InChI=1S/C17H14F3NO3/c1-23-14-7-5-13(6-8-14)21-15(10-24-16(21)22)11-3-2-4-12(9-11)17(18,19)20/h2-9,15H,10H2,1H3. The van der Waals surface area contributed by atoms with Gasteiger partial charge >= 0.3 is 12.3 Å². The van der Waals surface area contributed by atoms with E-state index in [1.165, 1.54) is 18.1 Å². The van der Waals surface area contributed by atoms with Gasteiger partial charge in [0.05, 0.1) is 18.7 Å². The Balaban J connectivity index is 1.96. The molecule has 2 aromatic carbocycles. The van der Waals surface area contributed by atoms with Crippen LogP contribution in [0.1, 0.15) is 17.2 Å². The highest BCUT2D eigenvalue weighted by Crippen LogP contribution is 2.36. The van der Waals surface area contributed by atoms with Crippen molar-refractivity contribution in [2.75, 3.05) is 18.6 Å². The number of rotatable bonds is 3. The molecule has 126 valence electrons. The van der Waals surface area contributed by atoms with Crippen LogP contribution >= 0.6 is 0 Å². The predicted molar refractivity (Wildman–Crippen MR) is 81.0 cm³/mol. The van der Waals surface area contributed by atoms with Gasteiger partial charge in [-0.25, -0.2) is 4.79 Å². The number of ether oxygens (including phenoxy) is 2. The topological polar surface area (TPSA) is 38.8 Å². The highest BCUT2D eigenvalue weighted by molar-refractivity contribution is 5.90. The molecule has 0 N–H and O–H groups in total. The van der Waals surface area contributed by atoms with Gasteiger partial charge in [0.1, 0.15) is 12.4 Å². The summed E-state index contributed by atoms with van der Waals surface area (Å²) >= 11 is 0. The molecule has 1 aliphatic rings. The van der Waals surface area contributed by atoms with Crippen molar-refractivity contribution in [3.05, 3.63) is 59.7 Å². The first-order valence-electron chi connectivity index (χ1n) is 7.17. The number of methoxy groups -OCH3 is 1. The molecule has 1 unspecified atom stereocenters. The Morgan fingerprint density at radius 2 is 1.88 bits per heavy atom. The zero-order valence-electron chi connectivity index (χ0n) is 12.7. The third-order valence-electron chi connectivity index (χ3n) is 3.82. The minimum Gasteiger partial charge on any atom is -0.497 e. The molecule has 1 saturated heterocycles. The molecule has 0 radical (unpaired) electrons. The number of anilines is 1. The summed E-state index contributed by atoms with van der Waals surface area (Å²) in [5, 5.41) is 0. The summed E-state index contributed by atoms with van der Waals surface area (Å²) in [6.45, 7) is -0.00776. The molecule has 3 rings (SSSR count). The van der Waals surface area contributed by atoms with Crippen LogP contribution in [-0.2, 0) is 10.9 Å². The van der Waals surface area contributed by atoms with E-state index in [1.807, 2.05) is 0 Å². The Morgan fingerprint density at radius 1 is 1.17 bits per heavy atom. The molecular formula is C17H14F3NO3. The fourth-order valence-electron chi connectivity index (χ4n) is 2.62. The van der Waals surface area contributed by atoms with Gasteiger partial charge in [-0.2, -0.15) is 13.2 Å². The van der Waals surface area contributed by atoms with Crippen LogP contribution in [-0.4, -0.2) is 19.8 Å². The number of amides is 1. The number of nitrogens with zero attached hydrogens (tertiary/aromatic N) is 1. The summed E-state index contributed by atoms with van der Waals surface area (Å²) < 4.78 is 48.8. The molecule has 1 atom stereocenters.